The lowest BCUT2D eigenvalue weighted by atomic mass is 9.83. The Morgan fingerprint density at radius 1 is 1.12 bits per heavy atom. The van der Waals surface area contributed by atoms with Crippen molar-refractivity contribution < 1.29 is 20.1 Å². The zero-order valence-electron chi connectivity index (χ0n) is 18.8. The van der Waals surface area contributed by atoms with Gasteiger partial charge in [-0.2, -0.15) is 0 Å². The summed E-state index contributed by atoms with van der Waals surface area (Å²) in [7, 11) is 0. The van der Waals surface area contributed by atoms with Gasteiger partial charge < -0.3 is 15.3 Å². The summed E-state index contributed by atoms with van der Waals surface area (Å²) in [6.45, 7) is 2.15. The Hall–Kier alpha value is -1.88. The van der Waals surface area contributed by atoms with Gasteiger partial charge in [-0.3, -0.25) is 0 Å². The Balaban J connectivity index is 1.62. The number of carboxylic acid groups (broad SMARTS) is 1. The Morgan fingerprint density at radius 2 is 1.88 bits per heavy atom. The van der Waals surface area contributed by atoms with Gasteiger partial charge in [0.05, 0.1) is 17.8 Å². The summed E-state index contributed by atoms with van der Waals surface area (Å²) in [5.74, 6) is -0.769. The SMILES string of the molecule is CCCCCC(O)c1ccc(C2C(O)CC(Cl)C2CCCc2cccc(C(=O)O)c2)cc1. The molecule has 1 saturated carbocycles. The first-order valence-electron chi connectivity index (χ1n) is 11.8. The second-order valence-corrected chi connectivity index (χ2v) is 9.65. The van der Waals surface area contributed by atoms with Crippen LogP contribution in [0.4, 0.5) is 0 Å². The molecule has 1 aliphatic rings. The number of benzene rings is 2. The first-order chi connectivity index (χ1) is 15.4. The minimum Gasteiger partial charge on any atom is -0.478 e. The quantitative estimate of drug-likeness (QED) is 0.281. The number of halogens is 1. The number of hydrogen-bond donors (Lipinski definition) is 3. The molecular formula is C27H35ClO4. The molecule has 32 heavy (non-hydrogen) atoms. The predicted molar refractivity (Wildman–Crippen MR) is 128 cm³/mol. The molecule has 0 amide bonds. The molecule has 5 heteroatoms. The fourth-order valence-electron chi connectivity index (χ4n) is 4.99. The molecule has 0 heterocycles. The lowest BCUT2D eigenvalue weighted by Gasteiger charge is -2.24. The standard InChI is InChI=1S/C27H35ClO4/c1-2-3-4-11-24(29)19-12-14-20(15-13-19)26-22(23(28)17-25(26)30)10-6-8-18-7-5-9-21(16-18)27(31)32/h5,7,9,12-16,22-26,29-30H,2-4,6,8,10-11,17H2,1H3,(H,31,32). The average molecular weight is 459 g/mol. The van der Waals surface area contributed by atoms with Crippen LogP contribution in [0, 0.1) is 5.92 Å². The van der Waals surface area contributed by atoms with E-state index in [-0.39, 0.29) is 17.2 Å². The highest BCUT2D eigenvalue weighted by Crippen LogP contribution is 2.45. The van der Waals surface area contributed by atoms with E-state index in [1.165, 1.54) is 0 Å². The average Bonchev–Trinajstić information content (AvgIpc) is 3.07. The van der Waals surface area contributed by atoms with Crippen LogP contribution in [0.15, 0.2) is 48.5 Å². The minimum absolute atomic E-state index is 0.0193. The number of aryl methyl sites for hydroxylation is 1. The third-order valence-electron chi connectivity index (χ3n) is 6.77. The van der Waals surface area contributed by atoms with Crippen LogP contribution in [-0.2, 0) is 6.42 Å². The lowest BCUT2D eigenvalue weighted by molar-refractivity contribution is 0.0696. The summed E-state index contributed by atoms with van der Waals surface area (Å²) >= 11 is 6.64. The number of hydrogen-bond acceptors (Lipinski definition) is 3. The van der Waals surface area contributed by atoms with Crippen molar-refractivity contribution in [3.05, 3.63) is 70.8 Å². The predicted octanol–water partition coefficient (Wildman–Crippen LogP) is 6.09. The number of alkyl halides is 1. The van der Waals surface area contributed by atoms with Gasteiger partial charge in [0, 0.05) is 11.3 Å². The smallest absolute Gasteiger partial charge is 0.335 e. The normalized spacial score (nSPS) is 23.9. The second-order valence-electron chi connectivity index (χ2n) is 9.08. The number of unbranched alkanes of at least 4 members (excludes halogenated alkanes) is 2. The van der Waals surface area contributed by atoms with E-state index in [4.69, 9.17) is 11.6 Å². The van der Waals surface area contributed by atoms with Crippen LogP contribution < -0.4 is 0 Å². The van der Waals surface area contributed by atoms with E-state index in [9.17, 15) is 20.1 Å². The summed E-state index contributed by atoms with van der Waals surface area (Å²) < 4.78 is 0. The molecule has 0 bridgehead atoms. The monoisotopic (exact) mass is 458 g/mol. The molecule has 3 rings (SSSR count). The lowest BCUT2D eigenvalue weighted by Crippen LogP contribution is -2.19. The maximum absolute atomic E-state index is 11.2. The molecule has 4 nitrogen and oxygen atoms in total. The molecule has 2 aromatic carbocycles. The van der Waals surface area contributed by atoms with Crippen molar-refractivity contribution in [1.82, 2.24) is 0 Å². The van der Waals surface area contributed by atoms with E-state index in [1.54, 1.807) is 18.2 Å². The molecule has 0 aromatic heterocycles. The molecule has 3 N–H and O–H groups in total. The van der Waals surface area contributed by atoms with Gasteiger partial charge in [0.15, 0.2) is 0 Å². The molecule has 5 unspecified atom stereocenters. The number of aliphatic hydroxyl groups excluding tert-OH is 2. The Kier molecular flexibility index (Phi) is 9.15. The van der Waals surface area contributed by atoms with E-state index in [0.29, 0.717) is 12.0 Å². The van der Waals surface area contributed by atoms with E-state index >= 15 is 0 Å². The first-order valence-corrected chi connectivity index (χ1v) is 12.3. The largest absolute Gasteiger partial charge is 0.478 e. The number of carboxylic acids is 1. The van der Waals surface area contributed by atoms with E-state index in [1.807, 2.05) is 30.3 Å². The molecule has 0 spiro atoms. The van der Waals surface area contributed by atoms with Gasteiger partial charge in [-0.25, -0.2) is 4.79 Å². The highest BCUT2D eigenvalue weighted by atomic mass is 35.5. The van der Waals surface area contributed by atoms with Gasteiger partial charge in [-0.15, -0.1) is 11.6 Å². The summed E-state index contributed by atoms with van der Waals surface area (Å²) in [4.78, 5) is 11.2. The fraction of sp³-hybridized carbons (Fsp3) is 0.519. The molecule has 0 radical (unpaired) electrons. The van der Waals surface area contributed by atoms with Crippen LogP contribution >= 0.6 is 11.6 Å². The molecule has 0 aliphatic heterocycles. The molecule has 5 atom stereocenters. The maximum Gasteiger partial charge on any atom is 0.335 e. The highest BCUT2D eigenvalue weighted by molar-refractivity contribution is 6.21. The maximum atomic E-state index is 11.2. The van der Waals surface area contributed by atoms with Crippen molar-refractivity contribution in [2.24, 2.45) is 5.92 Å². The van der Waals surface area contributed by atoms with Crippen LogP contribution in [0.25, 0.3) is 0 Å². The molecular weight excluding hydrogens is 424 g/mol. The van der Waals surface area contributed by atoms with Gasteiger partial charge in [0.2, 0.25) is 0 Å². The molecule has 2 aromatic rings. The van der Waals surface area contributed by atoms with E-state index < -0.39 is 18.2 Å². The van der Waals surface area contributed by atoms with Gasteiger partial charge in [-0.05, 0) is 66.8 Å². The van der Waals surface area contributed by atoms with Crippen molar-refractivity contribution in [3.8, 4) is 0 Å². The number of aromatic carboxylic acids is 1. The van der Waals surface area contributed by atoms with Crippen molar-refractivity contribution in [1.29, 1.82) is 0 Å². The van der Waals surface area contributed by atoms with Crippen molar-refractivity contribution in [2.75, 3.05) is 0 Å². The van der Waals surface area contributed by atoms with Gasteiger partial charge in [-0.1, -0.05) is 62.6 Å². The molecule has 1 aliphatic carbocycles. The van der Waals surface area contributed by atoms with Gasteiger partial charge in [0.1, 0.15) is 0 Å². The van der Waals surface area contributed by atoms with Gasteiger partial charge >= 0.3 is 5.97 Å². The van der Waals surface area contributed by atoms with Crippen molar-refractivity contribution in [2.45, 2.75) is 81.8 Å². The first kappa shape index (κ1) is 24.8. The fourth-order valence-corrected chi connectivity index (χ4v) is 5.45. The Labute approximate surface area is 196 Å². The second kappa shape index (κ2) is 11.8. The van der Waals surface area contributed by atoms with Crippen molar-refractivity contribution >= 4 is 17.6 Å². The zero-order chi connectivity index (χ0) is 23.1. The van der Waals surface area contributed by atoms with Crippen LogP contribution in [0.1, 0.15) is 90.9 Å². The number of aliphatic hydroxyl groups is 2. The van der Waals surface area contributed by atoms with Crippen LogP contribution in [0.5, 0.6) is 0 Å². The van der Waals surface area contributed by atoms with Crippen LogP contribution in [0.2, 0.25) is 0 Å². The molecule has 174 valence electrons. The highest BCUT2D eigenvalue weighted by Gasteiger charge is 2.41. The van der Waals surface area contributed by atoms with E-state index in [0.717, 1.165) is 61.6 Å². The van der Waals surface area contributed by atoms with Crippen LogP contribution in [-0.4, -0.2) is 32.8 Å². The summed E-state index contributed by atoms with van der Waals surface area (Å²) in [6, 6.07) is 15.1. The summed E-state index contributed by atoms with van der Waals surface area (Å²) in [5, 5.41) is 30.2. The molecule has 0 saturated heterocycles. The number of rotatable bonds is 11. The van der Waals surface area contributed by atoms with Crippen molar-refractivity contribution in [3.63, 3.8) is 0 Å². The molecule has 1 fully saturated rings. The third kappa shape index (κ3) is 6.34. The summed E-state index contributed by atoms with van der Waals surface area (Å²) in [5.41, 5.74) is 3.31. The minimum atomic E-state index is -0.911. The number of carbonyl (C=O) groups is 1. The van der Waals surface area contributed by atoms with Gasteiger partial charge in [0.25, 0.3) is 0 Å². The Morgan fingerprint density at radius 3 is 2.56 bits per heavy atom. The van der Waals surface area contributed by atoms with E-state index in [2.05, 4.69) is 6.92 Å². The van der Waals surface area contributed by atoms with Crippen LogP contribution in [0.3, 0.4) is 0 Å². The third-order valence-corrected chi connectivity index (χ3v) is 7.27. The topological polar surface area (TPSA) is 77.8 Å². The Bertz CT molecular complexity index is 866. The zero-order valence-corrected chi connectivity index (χ0v) is 19.5. The summed E-state index contributed by atoms with van der Waals surface area (Å²) in [6.07, 6.45) is 6.25.